The number of methoxy groups -OCH3 is 1. The Kier molecular flexibility index (Phi) is 7.95. The molecule has 2 aliphatic rings. The maximum absolute atomic E-state index is 5.34. The van der Waals surface area contributed by atoms with E-state index in [-0.39, 0.29) is 0 Å². The summed E-state index contributed by atoms with van der Waals surface area (Å²) in [5.74, 6) is 1.98. The number of nitrogens with one attached hydrogen (secondary N) is 2. The van der Waals surface area contributed by atoms with Gasteiger partial charge in [-0.25, -0.2) is 4.98 Å². The average molecular weight is 388 g/mol. The predicted molar refractivity (Wildman–Crippen MR) is 116 cm³/mol. The number of hydrogen-bond acceptors (Lipinski definition) is 4. The number of anilines is 1. The summed E-state index contributed by atoms with van der Waals surface area (Å²) >= 11 is 0. The Labute approximate surface area is 170 Å². The van der Waals surface area contributed by atoms with Gasteiger partial charge in [0.2, 0.25) is 0 Å². The number of rotatable bonds is 8. The lowest BCUT2D eigenvalue weighted by atomic mass is 9.83. The van der Waals surface area contributed by atoms with Gasteiger partial charge in [0.15, 0.2) is 5.96 Å². The van der Waals surface area contributed by atoms with Gasteiger partial charge in [0, 0.05) is 53.1 Å². The molecule has 3 rings (SSSR count). The molecular formula is C22H37N5O. The van der Waals surface area contributed by atoms with Crippen molar-refractivity contribution in [3.63, 3.8) is 0 Å². The van der Waals surface area contributed by atoms with Crippen LogP contribution in [0.5, 0.6) is 0 Å². The van der Waals surface area contributed by atoms with Crippen LogP contribution in [0.3, 0.4) is 0 Å². The summed E-state index contributed by atoms with van der Waals surface area (Å²) in [7, 11) is 3.64. The zero-order valence-electron chi connectivity index (χ0n) is 17.7. The number of nitrogens with zero attached hydrogens (tertiary/aromatic N) is 3. The second-order valence-electron chi connectivity index (χ2n) is 8.30. The first kappa shape index (κ1) is 20.9. The molecule has 0 unspecified atom stereocenters. The molecule has 28 heavy (non-hydrogen) atoms. The molecule has 1 aliphatic heterocycles. The van der Waals surface area contributed by atoms with E-state index in [0.717, 1.165) is 51.0 Å². The van der Waals surface area contributed by atoms with Crippen LogP contribution in [-0.2, 0) is 11.3 Å². The number of aliphatic imine (C=N–C) groups is 1. The van der Waals surface area contributed by atoms with Gasteiger partial charge in [-0.15, -0.1) is 0 Å². The summed E-state index contributed by atoms with van der Waals surface area (Å²) in [4.78, 5) is 11.4. The zero-order valence-corrected chi connectivity index (χ0v) is 17.7. The SMILES string of the molecule is CN=C(NCc1ccnc(N2CCCCC2)c1)NCC1(CCOC)CCCC1. The van der Waals surface area contributed by atoms with Crippen molar-refractivity contribution in [1.82, 2.24) is 15.6 Å². The van der Waals surface area contributed by atoms with E-state index < -0.39 is 0 Å². The van der Waals surface area contributed by atoms with Gasteiger partial charge in [-0.05, 0) is 61.6 Å². The molecule has 0 aromatic carbocycles. The summed E-state index contributed by atoms with van der Waals surface area (Å²) in [5.41, 5.74) is 1.60. The molecule has 2 fully saturated rings. The van der Waals surface area contributed by atoms with Crippen molar-refractivity contribution >= 4 is 11.8 Å². The van der Waals surface area contributed by atoms with Gasteiger partial charge in [-0.1, -0.05) is 12.8 Å². The highest BCUT2D eigenvalue weighted by Crippen LogP contribution is 2.40. The Hall–Kier alpha value is -1.82. The van der Waals surface area contributed by atoms with E-state index in [1.165, 1.54) is 50.5 Å². The Morgan fingerprint density at radius 3 is 2.68 bits per heavy atom. The van der Waals surface area contributed by atoms with Crippen molar-refractivity contribution in [2.75, 3.05) is 45.3 Å². The van der Waals surface area contributed by atoms with Crippen molar-refractivity contribution in [2.24, 2.45) is 10.4 Å². The maximum atomic E-state index is 5.34. The van der Waals surface area contributed by atoms with E-state index in [0.29, 0.717) is 5.41 Å². The van der Waals surface area contributed by atoms with E-state index in [1.807, 2.05) is 13.2 Å². The van der Waals surface area contributed by atoms with Gasteiger partial charge in [0.05, 0.1) is 0 Å². The van der Waals surface area contributed by atoms with Crippen LogP contribution >= 0.6 is 0 Å². The minimum Gasteiger partial charge on any atom is -0.385 e. The molecule has 0 radical (unpaired) electrons. The van der Waals surface area contributed by atoms with Crippen molar-refractivity contribution in [3.05, 3.63) is 23.9 Å². The second-order valence-corrected chi connectivity index (χ2v) is 8.30. The maximum Gasteiger partial charge on any atom is 0.191 e. The van der Waals surface area contributed by atoms with E-state index in [9.17, 15) is 0 Å². The molecular weight excluding hydrogens is 350 g/mol. The van der Waals surface area contributed by atoms with E-state index in [4.69, 9.17) is 4.74 Å². The van der Waals surface area contributed by atoms with Crippen LogP contribution in [0, 0.1) is 5.41 Å². The average Bonchev–Trinajstić information content (AvgIpc) is 3.22. The van der Waals surface area contributed by atoms with Gasteiger partial charge >= 0.3 is 0 Å². The summed E-state index contributed by atoms with van der Waals surface area (Å²) in [6.45, 7) is 4.80. The van der Waals surface area contributed by atoms with Crippen molar-refractivity contribution in [2.45, 2.75) is 57.9 Å². The molecule has 6 nitrogen and oxygen atoms in total. The standard InChI is InChI=1S/C22H37N5O/c1-23-21(26-18-22(11-15-28-2)9-4-5-10-22)25-17-19-8-12-24-20(16-19)27-13-6-3-7-14-27/h8,12,16H,3-7,9-11,13-15,17-18H2,1-2H3,(H2,23,25,26). The number of pyridine rings is 1. The highest BCUT2D eigenvalue weighted by molar-refractivity contribution is 5.79. The van der Waals surface area contributed by atoms with Crippen LogP contribution in [0.2, 0.25) is 0 Å². The molecule has 0 atom stereocenters. The lowest BCUT2D eigenvalue weighted by Gasteiger charge is -2.30. The predicted octanol–water partition coefficient (Wildman–Crippen LogP) is 3.33. The molecule has 0 bridgehead atoms. The topological polar surface area (TPSA) is 61.8 Å². The molecule has 0 amide bonds. The first-order valence-electron chi connectivity index (χ1n) is 10.9. The number of ether oxygens (including phenoxy) is 1. The van der Waals surface area contributed by atoms with E-state index >= 15 is 0 Å². The zero-order chi connectivity index (χ0) is 19.7. The highest BCUT2D eigenvalue weighted by Gasteiger charge is 2.33. The monoisotopic (exact) mass is 387 g/mol. The first-order chi connectivity index (χ1) is 13.7. The molecule has 6 heteroatoms. The van der Waals surface area contributed by atoms with Crippen LogP contribution in [-0.4, -0.2) is 51.3 Å². The summed E-state index contributed by atoms with van der Waals surface area (Å²) in [6, 6.07) is 4.30. The molecule has 1 aliphatic carbocycles. The van der Waals surface area contributed by atoms with Crippen LogP contribution in [0.1, 0.15) is 56.9 Å². The second kappa shape index (κ2) is 10.6. The minimum absolute atomic E-state index is 0.353. The summed E-state index contributed by atoms with van der Waals surface area (Å²) < 4.78 is 5.34. The van der Waals surface area contributed by atoms with Crippen LogP contribution in [0.15, 0.2) is 23.3 Å². The Balaban J connectivity index is 1.51. The quantitative estimate of drug-likeness (QED) is 0.529. The summed E-state index contributed by atoms with van der Waals surface area (Å²) in [5, 5.41) is 7.04. The van der Waals surface area contributed by atoms with Crippen molar-refractivity contribution < 1.29 is 4.74 Å². The molecule has 156 valence electrons. The molecule has 1 aromatic rings. The van der Waals surface area contributed by atoms with Crippen LogP contribution in [0.25, 0.3) is 0 Å². The number of piperidine rings is 1. The fourth-order valence-corrected chi connectivity index (χ4v) is 4.50. The molecule has 1 saturated heterocycles. The van der Waals surface area contributed by atoms with E-state index in [1.54, 1.807) is 7.11 Å². The fourth-order valence-electron chi connectivity index (χ4n) is 4.50. The van der Waals surface area contributed by atoms with Crippen molar-refractivity contribution in [1.29, 1.82) is 0 Å². The van der Waals surface area contributed by atoms with Gasteiger partial charge in [-0.3, -0.25) is 4.99 Å². The molecule has 0 spiro atoms. The highest BCUT2D eigenvalue weighted by atomic mass is 16.5. The van der Waals surface area contributed by atoms with Crippen molar-refractivity contribution in [3.8, 4) is 0 Å². The van der Waals surface area contributed by atoms with Gasteiger partial charge in [0.1, 0.15) is 5.82 Å². The third kappa shape index (κ3) is 5.84. The molecule has 1 aromatic heterocycles. The normalized spacial score (nSPS) is 19.6. The smallest absolute Gasteiger partial charge is 0.191 e. The lowest BCUT2D eigenvalue weighted by Crippen LogP contribution is -2.43. The number of hydrogen-bond donors (Lipinski definition) is 2. The Bertz CT molecular complexity index is 621. The minimum atomic E-state index is 0.353. The van der Waals surface area contributed by atoms with Gasteiger partial charge in [-0.2, -0.15) is 0 Å². The third-order valence-corrected chi connectivity index (χ3v) is 6.31. The molecule has 1 saturated carbocycles. The third-order valence-electron chi connectivity index (χ3n) is 6.31. The molecule has 2 heterocycles. The van der Waals surface area contributed by atoms with E-state index in [2.05, 4.69) is 37.6 Å². The van der Waals surface area contributed by atoms with Gasteiger partial charge < -0.3 is 20.3 Å². The number of guanidine groups is 1. The Morgan fingerprint density at radius 1 is 1.18 bits per heavy atom. The number of aromatic nitrogens is 1. The lowest BCUT2D eigenvalue weighted by molar-refractivity contribution is 0.138. The first-order valence-corrected chi connectivity index (χ1v) is 10.9. The largest absolute Gasteiger partial charge is 0.385 e. The van der Waals surface area contributed by atoms with Gasteiger partial charge in [0.25, 0.3) is 0 Å². The van der Waals surface area contributed by atoms with Crippen LogP contribution < -0.4 is 15.5 Å². The Morgan fingerprint density at radius 2 is 1.96 bits per heavy atom. The summed E-state index contributed by atoms with van der Waals surface area (Å²) in [6.07, 6.45) is 12.1. The molecule has 2 N–H and O–H groups in total. The van der Waals surface area contributed by atoms with Crippen LogP contribution in [0.4, 0.5) is 5.82 Å². The fraction of sp³-hybridized carbons (Fsp3) is 0.727.